The number of hydrogen-bond acceptors (Lipinski definition) is 5. The highest BCUT2D eigenvalue weighted by Crippen LogP contribution is 2.37. The Hall–Kier alpha value is -1.46. The molecule has 0 unspecified atom stereocenters. The molecule has 0 bridgehead atoms. The lowest BCUT2D eigenvalue weighted by atomic mass is 9.99. The zero-order valence-electron chi connectivity index (χ0n) is 13.2. The Balaban J connectivity index is 1.72. The second kappa shape index (κ2) is 5.63. The van der Waals surface area contributed by atoms with Crippen molar-refractivity contribution in [3.8, 4) is 0 Å². The first-order chi connectivity index (χ1) is 10.8. The van der Waals surface area contributed by atoms with Crippen molar-refractivity contribution in [1.82, 2.24) is 14.9 Å². The average molecular weight is 314 g/mol. The molecule has 22 heavy (non-hydrogen) atoms. The molecule has 0 fully saturated rings. The molecule has 0 amide bonds. The van der Waals surface area contributed by atoms with Crippen molar-refractivity contribution in [3.63, 3.8) is 0 Å². The average Bonchev–Trinajstić information content (AvgIpc) is 3.04. The maximum absolute atomic E-state index is 4.68. The first-order valence-electron chi connectivity index (χ1n) is 8.16. The Labute approximate surface area is 135 Å². The van der Waals surface area contributed by atoms with E-state index in [0.29, 0.717) is 6.04 Å². The summed E-state index contributed by atoms with van der Waals surface area (Å²) in [5, 5.41) is 2.22. The Morgan fingerprint density at radius 2 is 2.18 bits per heavy atom. The summed E-state index contributed by atoms with van der Waals surface area (Å²) in [5.41, 5.74) is 4.07. The summed E-state index contributed by atoms with van der Waals surface area (Å²) in [6.45, 7) is 8.80. The zero-order valence-corrected chi connectivity index (χ0v) is 14.1. The molecule has 5 heteroatoms. The van der Waals surface area contributed by atoms with E-state index < -0.39 is 0 Å². The summed E-state index contributed by atoms with van der Waals surface area (Å²) >= 11 is 1.89. The fourth-order valence-corrected chi connectivity index (χ4v) is 4.66. The van der Waals surface area contributed by atoms with E-state index in [1.54, 1.807) is 11.2 Å². The lowest BCUT2D eigenvalue weighted by Crippen LogP contribution is -2.37. The third kappa shape index (κ3) is 2.23. The van der Waals surface area contributed by atoms with Gasteiger partial charge in [-0.1, -0.05) is 6.92 Å². The molecule has 0 saturated carbocycles. The van der Waals surface area contributed by atoms with Crippen molar-refractivity contribution in [2.45, 2.75) is 39.3 Å². The van der Waals surface area contributed by atoms with Gasteiger partial charge in [-0.05, 0) is 36.9 Å². The van der Waals surface area contributed by atoms with Gasteiger partial charge in [0.2, 0.25) is 0 Å². The van der Waals surface area contributed by atoms with Crippen LogP contribution in [0.1, 0.15) is 41.6 Å². The van der Waals surface area contributed by atoms with Gasteiger partial charge in [-0.25, -0.2) is 9.97 Å². The number of aromatic nitrogens is 2. The quantitative estimate of drug-likeness (QED) is 0.853. The summed E-state index contributed by atoms with van der Waals surface area (Å²) in [6.07, 6.45) is 3.93. The second-order valence-corrected chi connectivity index (χ2v) is 7.16. The van der Waals surface area contributed by atoms with Crippen LogP contribution in [0, 0.1) is 0 Å². The number of fused-ring (bicyclic) bond motifs is 2. The van der Waals surface area contributed by atoms with Gasteiger partial charge in [0.1, 0.15) is 12.1 Å². The maximum Gasteiger partial charge on any atom is 0.137 e. The van der Waals surface area contributed by atoms with Crippen LogP contribution < -0.4 is 4.90 Å². The molecule has 2 aromatic rings. The molecule has 0 N–H and O–H groups in total. The highest BCUT2D eigenvalue weighted by atomic mass is 32.1. The minimum absolute atomic E-state index is 0.408. The maximum atomic E-state index is 4.68. The molecule has 2 aliphatic heterocycles. The largest absolute Gasteiger partial charge is 0.349 e. The van der Waals surface area contributed by atoms with Gasteiger partial charge in [0.15, 0.2) is 0 Å². The van der Waals surface area contributed by atoms with Gasteiger partial charge in [0.05, 0.1) is 11.7 Å². The van der Waals surface area contributed by atoms with Crippen molar-refractivity contribution < 1.29 is 0 Å². The molecule has 4 rings (SSSR count). The van der Waals surface area contributed by atoms with E-state index >= 15 is 0 Å². The van der Waals surface area contributed by atoms with Crippen molar-refractivity contribution >= 4 is 17.2 Å². The number of hydrogen-bond donors (Lipinski definition) is 0. The van der Waals surface area contributed by atoms with Crippen LogP contribution >= 0.6 is 11.3 Å². The number of rotatable bonds is 2. The Morgan fingerprint density at radius 1 is 1.27 bits per heavy atom. The molecule has 4 nitrogen and oxygen atoms in total. The highest BCUT2D eigenvalue weighted by molar-refractivity contribution is 7.10. The van der Waals surface area contributed by atoms with Crippen LogP contribution in [0.4, 0.5) is 5.82 Å². The normalized spacial score (nSPS) is 21.5. The minimum atomic E-state index is 0.408. The van der Waals surface area contributed by atoms with E-state index in [2.05, 4.69) is 45.1 Å². The number of thiophene rings is 1. The number of anilines is 1. The van der Waals surface area contributed by atoms with Crippen molar-refractivity contribution in [3.05, 3.63) is 39.5 Å². The van der Waals surface area contributed by atoms with Crippen molar-refractivity contribution in [1.29, 1.82) is 0 Å². The molecule has 1 atom stereocenters. The van der Waals surface area contributed by atoms with Crippen molar-refractivity contribution in [2.24, 2.45) is 0 Å². The van der Waals surface area contributed by atoms with Crippen LogP contribution in [0.5, 0.6) is 0 Å². The van der Waals surface area contributed by atoms with E-state index in [1.165, 1.54) is 16.8 Å². The summed E-state index contributed by atoms with van der Waals surface area (Å²) in [5.74, 6) is 1.16. The fourth-order valence-electron chi connectivity index (χ4n) is 3.70. The van der Waals surface area contributed by atoms with Crippen LogP contribution in [0.3, 0.4) is 0 Å². The van der Waals surface area contributed by atoms with E-state index in [9.17, 15) is 0 Å². The molecule has 0 spiro atoms. The van der Waals surface area contributed by atoms with Crippen LogP contribution in [0.2, 0.25) is 0 Å². The predicted octanol–water partition coefficient (Wildman–Crippen LogP) is 3.04. The van der Waals surface area contributed by atoms with E-state index in [0.717, 1.165) is 44.8 Å². The van der Waals surface area contributed by atoms with Gasteiger partial charge in [0, 0.05) is 36.5 Å². The van der Waals surface area contributed by atoms with Gasteiger partial charge >= 0.3 is 0 Å². The van der Waals surface area contributed by atoms with E-state index in [4.69, 9.17) is 0 Å². The molecular formula is C17H22N4S. The van der Waals surface area contributed by atoms with Crippen LogP contribution in [-0.4, -0.2) is 34.5 Å². The molecule has 116 valence electrons. The molecule has 0 radical (unpaired) electrons. The van der Waals surface area contributed by atoms with Crippen LogP contribution in [0.15, 0.2) is 17.8 Å². The van der Waals surface area contributed by atoms with Crippen LogP contribution in [0.25, 0.3) is 0 Å². The van der Waals surface area contributed by atoms with Crippen molar-refractivity contribution in [2.75, 3.05) is 24.5 Å². The summed E-state index contributed by atoms with van der Waals surface area (Å²) in [7, 11) is 0. The minimum Gasteiger partial charge on any atom is -0.349 e. The van der Waals surface area contributed by atoms with Gasteiger partial charge in [-0.15, -0.1) is 11.3 Å². The Morgan fingerprint density at radius 3 is 3.05 bits per heavy atom. The lowest BCUT2D eigenvalue weighted by Gasteiger charge is -2.37. The molecular weight excluding hydrogens is 292 g/mol. The third-order valence-electron chi connectivity index (χ3n) is 5.05. The summed E-state index contributed by atoms with van der Waals surface area (Å²) < 4.78 is 0. The smallest absolute Gasteiger partial charge is 0.137 e. The Bertz CT molecular complexity index is 681. The molecule has 2 aromatic heterocycles. The first-order valence-corrected chi connectivity index (χ1v) is 9.04. The molecule has 2 aliphatic rings. The lowest BCUT2D eigenvalue weighted by molar-refractivity contribution is 0.265. The first kappa shape index (κ1) is 14.2. The molecule has 0 aromatic carbocycles. The molecule has 4 heterocycles. The van der Waals surface area contributed by atoms with E-state index in [-0.39, 0.29) is 0 Å². The zero-order chi connectivity index (χ0) is 15.1. The molecule has 0 saturated heterocycles. The summed E-state index contributed by atoms with van der Waals surface area (Å²) in [6, 6.07) is 2.69. The summed E-state index contributed by atoms with van der Waals surface area (Å²) in [4.78, 5) is 15.7. The van der Waals surface area contributed by atoms with E-state index in [1.807, 2.05) is 11.3 Å². The van der Waals surface area contributed by atoms with Gasteiger partial charge in [0.25, 0.3) is 0 Å². The van der Waals surface area contributed by atoms with Gasteiger partial charge in [-0.2, -0.15) is 0 Å². The fraction of sp³-hybridized carbons (Fsp3) is 0.529. The van der Waals surface area contributed by atoms with Gasteiger partial charge in [-0.3, -0.25) is 4.90 Å². The third-order valence-corrected chi connectivity index (χ3v) is 6.05. The molecule has 0 aliphatic carbocycles. The monoisotopic (exact) mass is 314 g/mol. The van der Waals surface area contributed by atoms with Gasteiger partial charge < -0.3 is 4.90 Å². The highest BCUT2D eigenvalue weighted by Gasteiger charge is 2.29. The SMILES string of the molecule is CCN1CCc2ncnc(N3CCc4sccc4[C@@H]3C)c2C1. The van der Waals surface area contributed by atoms with Crippen LogP contribution in [-0.2, 0) is 19.4 Å². The number of nitrogens with zero attached hydrogens (tertiary/aromatic N) is 4. The Kier molecular flexibility index (Phi) is 3.62. The topological polar surface area (TPSA) is 32.3 Å². The number of likely N-dealkylation sites (N-methyl/N-ethyl adjacent to an activating group) is 1. The second-order valence-electron chi connectivity index (χ2n) is 6.16. The standard InChI is InChI=1S/C17H22N4S/c1-3-20-7-4-15-14(10-20)17(19-11-18-15)21-8-5-16-13(12(21)2)6-9-22-16/h6,9,11-12H,3-5,7-8,10H2,1-2H3/t12-/m0/s1. The predicted molar refractivity (Wildman–Crippen MR) is 90.5 cm³/mol.